The molecule has 3 fully saturated rings. The normalized spacial score (nSPS) is 22.8. The number of fused-ring (bicyclic) bond motifs is 4. The van der Waals surface area contributed by atoms with Crippen LogP contribution in [0.5, 0.6) is 0 Å². The summed E-state index contributed by atoms with van der Waals surface area (Å²) < 4.78 is 7.10. The first-order valence-electron chi connectivity index (χ1n) is 9.81. The van der Waals surface area contributed by atoms with Gasteiger partial charge in [-0.25, -0.2) is 0 Å². The van der Waals surface area contributed by atoms with Crippen molar-refractivity contribution in [1.29, 1.82) is 0 Å². The minimum Gasteiger partial charge on any atom is -0.383 e. The smallest absolute Gasteiger partial charge is 0.257 e. The molecule has 3 saturated heterocycles. The highest BCUT2D eigenvalue weighted by Crippen LogP contribution is 2.28. The Kier molecular flexibility index (Phi) is 5.55. The highest BCUT2D eigenvalue weighted by Gasteiger charge is 2.36. The molecule has 6 heteroatoms. The zero-order valence-electron chi connectivity index (χ0n) is 16.0. The zero-order valence-corrected chi connectivity index (χ0v) is 16.0. The van der Waals surface area contributed by atoms with E-state index in [9.17, 15) is 4.79 Å². The fourth-order valence-corrected chi connectivity index (χ4v) is 4.34. The summed E-state index contributed by atoms with van der Waals surface area (Å²) in [6.45, 7) is 5.12. The molecule has 3 aliphatic heterocycles. The molecule has 3 aliphatic rings. The highest BCUT2D eigenvalue weighted by atomic mass is 16.5. The molecule has 2 bridgehead atoms. The maximum Gasteiger partial charge on any atom is 0.257 e. The molecule has 5 rings (SSSR count). The minimum atomic E-state index is 0.111. The molecule has 6 nitrogen and oxygen atoms in total. The SMILES string of the molecule is COCCN1C[C@H]2CC[C@@H]1CN(C(=O)c1cnn(Cc3ccccc3)c1)C2. The van der Waals surface area contributed by atoms with Gasteiger partial charge in [0.15, 0.2) is 0 Å². The second-order valence-corrected chi connectivity index (χ2v) is 7.71. The lowest BCUT2D eigenvalue weighted by Crippen LogP contribution is -2.45. The van der Waals surface area contributed by atoms with Crippen LogP contribution in [0.3, 0.4) is 0 Å². The van der Waals surface area contributed by atoms with Gasteiger partial charge in [0.2, 0.25) is 0 Å². The van der Waals surface area contributed by atoms with E-state index in [1.54, 1.807) is 13.3 Å². The summed E-state index contributed by atoms with van der Waals surface area (Å²) in [7, 11) is 1.75. The summed E-state index contributed by atoms with van der Waals surface area (Å²) in [5.41, 5.74) is 1.87. The second-order valence-electron chi connectivity index (χ2n) is 7.71. The third kappa shape index (κ3) is 4.22. The molecule has 2 atom stereocenters. The van der Waals surface area contributed by atoms with Gasteiger partial charge in [0.1, 0.15) is 0 Å². The van der Waals surface area contributed by atoms with E-state index in [4.69, 9.17) is 4.74 Å². The maximum absolute atomic E-state index is 13.1. The fraction of sp³-hybridized carbons (Fsp3) is 0.524. The van der Waals surface area contributed by atoms with Gasteiger partial charge in [0.25, 0.3) is 5.91 Å². The van der Waals surface area contributed by atoms with Gasteiger partial charge in [-0.1, -0.05) is 30.3 Å². The Morgan fingerprint density at radius 3 is 2.85 bits per heavy atom. The highest BCUT2D eigenvalue weighted by molar-refractivity contribution is 5.93. The van der Waals surface area contributed by atoms with E-state index in [1.807, 2.05) is 34.0 Å². The Bertz CT molecular complexity index is 761. The molecule has 1 amide bonds. The number of benzene rings is 1. The number of nitrogens with zero attached hydrogens (tertiary/aromatic N) is 4. The van der Waals surface area contributed by atoms with Crippen LogP contribution >= 0.6 is 0 Å². The average Bonchev–Trinajstić information content (AvgIpc) is 2.96. The first-order valence-corrected chi connectivity index (χ1v) is 9.81. The predicted molar refractivity (Wildman–Crippen MR) is 104 cm³/mol. The first kappa shape index (κ1) is 18.2. The maximum atomic E-state index is 13.1. The Morgan fingerprint density at radius 2 is 2.04 bits per heavy atom. The monoisotopic (exact) mass is 368 g/mol. The van der Waals surface area contributed by atoms with Crippen LogP contribution in [-0.2, 0) is 11.3 Å². The molecule has 0 spiro atoms. The van der Waals surface area contributed by atoms with Gasteiger partial charge in [0, 0.05) is 45.5 Å². The number of carbonyl (C=O) groups excluding carboxylic acids is 1. The molecule has 27 heavy (non-hydrogen) atoms. The first-order chi connectivity index (χ1) is 13.2. The number of hydrogen-bond acceptors (Lipinski definition) is 4. The van der Waals surface area contributed by atoms with E-state index in [0.717, 1.165) is 32.8 Å². The van der Waals surface area contributed by atoms with Crippen LogP contribution in [-0.4, -0.2) is 71.4 Å². The van der Waals surface area contributed by atoms with Crippen LogP contribution in [0.4, 0.5) is 0 Å². The van der Waals surface area contributed by atoms with Crippen LogP contribution in [0.15, 0.2) is 42.7 Å². The summed E-state index contributed by atoms with van der Waals surface area (Å²) in [4.78, 5) is 17.6. The molecular weight excluding hydrogens is 340 g/mol. The van der Waals surface area contributed by atoms with Crippen molar-refractivity contribution in [2.45, 2.75) is 25.4 Å². The van der Waals surface area contributed by atoms with Gasteiger partial charge in [0.05, 0.1) is 24.9 Å². The van der Waals surface area contributed by atoms with Crippen molar-refractivity contribution in [2.75, 3.05) is 39.9 Å². The Labute approximate surface area is 160 Å². The summed E-state index contributed by atoms with van der Waals surface area (Å²) in [6, 6.07) is 10.6. The van der Waals surface area contributed by atoms with E-state index in [-0.39, 0.29) is 5.91 Å². The molecule has 1 aromatic carbocycles. The third-order valence-electron chi connectivity index (χ3n) is 5.76. The summed E-state index contributed by atoms with van der Waals surface area (Å²) >= 11 is 0. The standard InChI is InChI=1S/C21H28N4O2/c1-27-10-9-23-12-18-7-8-20(23)16-24(13-18)21(26)19-11-22-25(15-19)14-17-5-3-2-4-6-17/h2-6,11,15,18,20H,7-10,12-14,16H2,1H3/t18-,20-/m1/s1. The van der Waals surface area contributed by atoms with Crippen molar-refractivity contribution in [3.63, 3.8) is 0 Å². The average molecular weight is 368 g/mol. The summed E-state index contributed by atoms with van der Waals surface area (Å²) in [6.07, 6.45) is 5.97. The zero-order chi connectivity index (χ0) is 18.6. The van der Waals surface area contributed by atoms with Gasteiger partial charge >= 0.3 is 0 Å². The topological polar surface area (TPSA) is 50.6 Å². The van der Waals surface area contributed by atoms with Gasteiger partial charge in [-0.2, -0.15) is 5.10 Å². The molecule has 0 N–H and O–H groups in total. The van der Waals surface area contributed by atoms with Crippen LogP contribution in [0.1, 0.15) is 28.8 Å². The molecule has 0 radical (unpaired) electrons. The minimum absolute atomic E-state index is 0.111. The number of piperidine rings is 1. The number of hydrogen-bond donors (Lipinski definition) is 0. The Balaban J connectivity index is 1.42. The lowest BCUT2D eigenvalue weighted by Gasteiger charge is -2.35. The van der Waals surface area contributed by atoms with Gasteiger partial charge in [-0.3, -0.25) is 14.4 Å². The van der Waals surface area contributed by atoms with Crippen LogP contribution in [0.2, 0.25) is 0 Å². The number of carbonyl (C=O) groups is 1. The van der Waals surface area contributed by atoms with Crippen molar-refractivity contribution in [1.82, 2.24) is 19.6 Å². The van der Waals surface area contributed by atoms with Gasteiger partial charge in [-0.05, 0) is 24.3 Å². The largest absolute Gasteiger partial charge is 0.383 e. The van der Waals surface area contributed by atoms with Crippen LogP contribution in [0, 0.1) is 5.92 Å². The van der Waals surface area contributed by atoms with E-state index in [1.165, 1.54) is 18.4 Å². The molecule has 0 unspecified atom stereocenters. The molecule has 2 aromatic rings. The number of methoxy groups -OCH3 is 1. The van der Waals surface area contributed by atoms with Crippen molar-refractivity contribution in [3.05, 3.63) is 53.9 Å². The lowest BCUT2D eigenvalue weighted by molar-refractivity contribution is 0.0717. The van der Waals surface area contributed by atoms with E-state index < -0.39 is 0 Å². The number of rotatable bonds is 6. The van der Waals surface area contributed by atoms with E-state index in [2.05, 4.69) is 22.1 Å². The second kappa shape index (κ2) is 8.23. The van der Waals surface area contributed by atoms with Crippen molar-refractivity contribution in [2.24, 2.45) is 5.92 Å². The molecular formula is C21H28N4O2. The predicted octanol–water partition coefficient (Wildman–Crippen LogP) is 2.11. The molecule has 144 valence electrons. The van der Waals surface area contributed by atoms with Gasteiger partial charge in [-0.15, -0.1) is 0 Å². The fourth-order valence-electron chi connectivity index (χ4n) is 4.34. The summed E-state index contributed by atoms with van der Waals surface area (Å²) in [5.74, 6) is 0.670. The third-order valence-corrected chi connectivity index (χ3v) is 5.76. The number of amides is 1. The van der Waals surface area contributed by atoms with Crippen molar-refractivity contribution < 1.29 is 9.53 Å². The molecule has 4 heterocycles. The molecule has 0 aliphatic carbocycles. The number of aromatic nitrogens is 2. The number of ether oxygens (including phenoxy) is 1. The van der Waals surface area contributed by atoms with E-state index >= 15 is 0 Å². The molecule has 0 saturated carbocycles. The lowest BCUT2D eigenvalue weighted by atomic mass is 9.95. The van der Waals surface area contributed by atoms with E-state index in [0.29, 0.717) is 24.1 Å². The van der Waals surface area contributed by atoms with Gasteiger partial charge < -0.3 is 9.64 Å². The van der Waals surface area contributed by atoms with Crippen molar-refractivity contribution >= 4 is 5.91 Å². The Hall–Kier alpha value is -2.18. The van der Waals surface area contributed by atoms with Crippen LogP contribution < -0.4 is 0 Å². The quantitative estimate of drug-likeness (QED) is 0.784. The van der Waals surface area contributed by atoms with Crippen molar-refractivity contribution in [3.8, 4) is 0 Å². The Morgan fingerprint density at radius 1 is 1.19 bits per heavy atom. The molecule has 1 aromatic heterocycles. The van der Waals surface area contributed by atoms with Crippen LogP contribution in [0.25, 0.3) is 0 Å². The summed E-state index contributed by atoms with van der Waals surface area (Å²) in [5, 5.41) is 4.40.